The molecule has 0 aliphatic heterocycles. The summed E-state index contributed by atoms with van der Waals surface area (Å²) in [5, 5.41) is 22.1. The maximum atomic E-state index is 9.16. The minimum Gasteiger partial charge on any atom is -0.272 e. The van der Waals surface area contributed by atoms with Crippen LogP contribution in [0.3, 0.4) is 0 Å². The van der Waals surface area contributed by atoms with Crippen LogP contribution in [0, 0.1) is 25.2 Å². The van der Waals surface area contributed by atoms with Gasteiger partial charge in [0.25, 0.3) is 0 Å². The quantitative estimate of drug-likeness (QED) is 0.785. The number of thioether (sulfide) groups is 1. The van der Waals surface area contributed by atoms with Crippen molar-refractivity contribution in [3.63, 3.8) is 0 Å². The third kappa shape index (κ3) is 2.68. The molecule has 2 aromatic rings. The second-order valence-corrected chi connectivity index (χ2v) is 4.90. The first-order valence-electron chi connectivity index (χ1n) is 5.56. The molecule has 0 radical (unpaired) electrons. The smallest absolute Gasteiger partial charge is 0.137 e. The SMILES string of the molecule is Cc1nnc(SCCn2cccn2)c(C#N)c1C. The molecule has 6 heteroatoms. The summed E-state index contributed by atoms with van der Waals surface area (Å²) in [7, 11) is 0. The van der Waals surface area contributed by atoms with E-state index in [2.05, 4.69) is 21.4 Å². The van der Waals surface area contributed by atoms with Crippen molar-refractivity contribution in [2.75, 3.05) is 5.75 Å². The molecule has 18 heavy (non-hydrogen) atoms. The van der Waals surface area contributed by atoms with Crippen molar-refractivity contribution in [2.24, 2.45) is 0 Å². The van der Waals surface area contributed by atoms with E-state index in [1.165, 1.54) is 11.8 Å². The van der Waals surface area contributed by atoms with Gasteiger partial charge < -0.3 is 0 Å². The van der Waals surface area contributed by atoms with E-state index in [1.54, 1.807) is 6.20 Å². The highest BCUT2D eigenvalue weighted by molar-refractivity contribution is 7.99. The Morgan fingerprint density at radius 2 is 2.22 bits per heavy atom. The fourth-order valence-corrected chi connectivity index (χ4v) is 2.40. The molecule has 0 aromatic carbocycles. The van der Waals surface area contributed by atoms with Gasteiger partial charge in [0.2, 0.25) is 0 Å². The summed E-state index contributed by atoms with van der Waals surface area (Å²) in [6.45, 7) is 4.55. The highest BCUT2D eigenvalue weighted by Gasteiger charge is 2.10. The van der Waals surface area contributed by atoms with E-state index in [0.29, 0.717) is 10.6 Å². The summed E-state index contributed by atoms with van der Waals surface area (Å²) in [6, 6.07) is 4.09. The molecule has 5 nitrogen and oxygen atoms in total. The van der Waals surface area contributed by atoms with Crippen molar-refractivity contribution >= 4 is 11.8 Å². The molecular formula is C12H13N5S. The molecule has 2 rings (SSSR count). The summed E-state index contributed by atoms with van der Waals surface area (Å²) in [5.41, 5.74) is 2.35. The Morgan fingerprint density at radius 3 is 2.89 bits per heavy atom. The van der Waals surface area contributed by atoms with E-state index in [4.69, 9.17) is 5.26 Å². The van der Waals surface area contributed by atoms with Crippen molar-refractivity contribution in [3.05, 3.63) is 35.3 Å². The van der Waals surface area contributed by atoms with Crippen LogP contribution in [-0.4, -0.2) is 25.7 Å². The highest BCUT2D eigenvalue weighted by atomic mass is 32.2. The maximum absolute atomic E-state index is 9.16. The number of nitrogens with zero attached hydrogens (tertiary/aromatic N) is 5. The van der Waals surface area contributed by atoms with Crippen LogP contribution in [-0.2, 0) is 6.54 Å². The fraction of sp³-hybridized carbons (Fsp3) is 0.333. The topological polar surface area (TPSA) is 67.4 Å². The largest absolute Gasteiger partial charge is 0.272 e. The molecule has 0 aliphatic carbocycles. The molecule has 2 heterocycles. The van der Waals surface area contributed by atoms with Gasteiger partial charge in [-0.25, -0.2) is 0 Å². The minimum atomic E-state index is 0.632. The first-order valence-corrected chi connectivity index (χ1v) is 6.55. The Labute approximate surface area is 110 Å². The Morgan fingerprint density at radius 1 is 1.39 bits per heavy atom. The number of nitriles is 1. The van der Waals surface area contributed by atoms with Crippen LogP contribution >= 0.6 is 11.8 Å². The van der Waals surface area contributed by atoms with E-state index >= 15 is 0 Å². The van der Waals surface area contributed by atoms with Crippen LogP contribution < -0.4 is 0 Å². The zero-order valence-electron chi connectivity index (χ0n) is 10.3. The zero-order chi connectivity index (χ0) is 13.0. The Kier molecular flexibility index (Phi) is 3.95. The van der Waals surface area contributed by atoms with E-state index < -0.39 is 0 Å². The second-order valence-electron chi connectivity index (χ2n) is 3.82. The summed E-state index contributed by atoms with van der Waals surface area (Å²) < 4.78 is 1.85. The maximum Gasteiger partial charge on any atom is 0.137 e. The van der Waals surface area contributed by atoms with Crippen LogP contribution in [0.1, 0.15) is 16.8 Å². The zero-order valence-corrected chi connectivity index (χ0v) is 11.1. The van der Waals surface area contributed by atoms with Gasteiger partial charge in [-0.1, -0.05) is 0 Å². The molecule has 0 N–H and O–H groups in total. The third-order valence-electron chi connectivity index (χ3n) is 2.65. The summed E-state index contributed by atoms with van der Waals surface area (Å²) in [5.74, 6) is 0.813. The molecule has 0 fully saturated rings. The van der Waals surface area contributed by atoms with Crippen LogP contribution in [0.2, 0.25) is 0 Å². The Balaban J connectivity index is 2.06. The lowest BCUT2D eigenvalue weighted by atomic mass is 10.1. The first kappa shape index (κ1) is 12.6. The van der Waals surface area contributed by atoms with Crippen molar-refractivity contribution in [1.82, 2.24) is 20.0 Å². The third-order valence-corrected chi connectivity index (χ3v) is 3.60. The second kappa shape index (κ2) is 5.65. The van der Waals surface area contributed by atoms with Crippen LogP contribution in [0.15, 0.2) is 23.5 Å². The predicted molar refractivity (Wildman–Crippen MR) is 69.2 cm³/mol. The molecule has 0 saturated carbocycles. The predicted octanol–water partition coefficient (Wildman–Crippen LogP) is 1.95. The van der Waals surface area contributed by atoms with Crippen molar-refractivity contribution in [1.29, 1.82) is 5.26 Å². The van der Waals surface area contributed by atoms with E-state index in [0.717, 1.165) is 23.6 Å². The normalized spacial score (nSPS) is 10.3. The number of aromatic nitrogens is 4. The molecule has 0 bridgehead atoms. The standard InChI is InChI=1S/C12H13N5S/c1-9-10(2)15-16-12(11(9)8-13)18-7-6-17-5-3-4-14-17/h3-5H,6-7H2,1-2H3. The number of hydrogen-bond acceptors (Lipinski definition) is 5. The molecule has 0 saturated heterocycles. The van der Waals surface area contributed by atoms with E-state index in [1.807, 2.05) is 30.8 Å². The molecule has 0 unspecified atom stereocenters. The van der Waals surface area contributed by atoms with Crippen LogP contribution in [0.4, 0.5) is 0 Å². The molecule has 0 aliphatic rings. The van der Waals surface area contributed by atoms with Crippen molar-refractivity contribution < 1.29 is 0 Å². The summed E-state index contributed by atoms with van der Waals surface area (Å²) >= 11 is 1.54. The van der Waals surface area contributed by atoms with Gasteiger partial charge in [0.05, 0.1) is 17.8 Å². The minimum absolute atomic E-state index is 0.632. The number of rotatable bonds is 4. The van der Waals surface area contributed by atoms with Gasteiger partial charge in [0, 0.05) is 18.1 Å². The van der Waals surface area contributed by atoms with Gasteiger partial charge in [-0.3, -0.25) is 4.68 Å². The Bertz CT molecular complexity index is 571. The van der Waals surface area contributed by atoms with E-state index in [9.17, 15) is 0 Å². The van der Waals surface area contributed by atoms with Crippen LogP contribution in [0.25, 0.3) is 0 Å². The number of aryl methyl sites for hydroxylation is 2. The summed E-state index contributed by atoms with van der Waals surface area (Å²) in [4.78, 5) is 0. The lowest BCUT2D eigenvalue weighted by molar-refractivity contribution is 0.666. The lowest BCUT2D eigenvalue weighted by Crippen LogP contribution is -2.03. The fourth-order valence-electron chi connectivity index (χ4n) is 1.49. The van der Waals surface area contributed by atoms with Gasteiger partial charge in [-0.15, -0.1) is 16.9 Å². The number of hydrogen-bond donors (Lipinski definition) is 0. The lowest BCUT2D eigenvalue weighted by Gasteiger charge is -2.06. The van der Waals surface area contributed by atoms with Gasteiger partial charge in [0.1, 0.15) is 11.1 Å². The molecule has 0 spiro atoms. The molecule has 2 aromatic heterocycles. The van der Waals surface area contributed by atoms with Crippen molar-refractivity contribution in [3.8, 4) is 6.07 Å². The first-order chi connectivity index (χ1) is 8.72. The highest BCUT2D eigenvalue weighted by Crippen LogP contribution is 2.22. The van der Waals surface area contributed by atoms with E-state index in [-0.39, 0.29) is 0 Å². The monoisotopic (exact) mass is 259 g/mol. The van der Waals surface area contributed by atoms with Gasteiger partial charge in [0.15, 0.2) is 0 Å². The van der Waals surface area contributed by atoms with Gasteiger partial charge >= 0.3 is 0 Å². The average Bonchev–Trinajstić information content (AvgIpc) is 2.87. The Hall–Kier alpha value is -1.87. The summed E-state index contributed by atoms with van der Waals surface area (Å²) in [6.07, 6.45) is 3.67. The molecule has 0 atom stereocenters. The molecular weight excluding hydrogens is 246 g/mol. The van der Waals surface area contributed by atoms with Gasteiger partial charge in [-0.05, 0) is 25.5 Å². The van der Waals surface area contributed by atoms with Crippen molar-refractivity contribution in [2.45, 2.75) is 25.4 Å². The molecule has 0 amide bonds. The van der Waals surface area contributed by atoms with Crippen LogP contribution in [0.5, 0.6) is 0 Å². The average molecular weight is 259 g/mol. The van der Waals surface area contributed by atoms with Gasteiger partial charge in [-0.2, -0.15) is 15.5 Å². The molecule has 92 valence electrons.